The van der Waals surface area contributed by atoms with Crippen LogP contribution in [0.5, 0.6) is 0 Å². The number of aromatic carboxylic acids is 1. The highest BCUT2D eigenvalue weighted by atomic mass is 16.4. The van der Waals surface area contributed by atoms with Crippen LogP contribution in [0.15, 0.2) is 23.3 Å². The third-order valence-electron chi connectivity index (χ3n) is 3.53. The number of aromatic nitrogens is 1. The second-order valence-electron chi connectivity index (χ2n) is 4.83. The summed E-state index contributed by atoms with van der Waals surface area (Å²) in [6.07, 6.45) is 0.489. The van der Waals surface area contributed by atoms with Gasteiger partial charge in [0, 0.05) is 28.4 Å². The quantitative estimate of drug-likeness (QED) is 0.451. The Morgan fingerprint density at radius 1 is 1.52 bits per heavy atom. The van der Waals surface area contributed by atoms with Crippen LogP contribution in [-0.2, 0) is 6.42 Å². The summed E-state index contributed by atoms with van der Waals surface area (Å²) in [5.74, 6) is -1.29. The van der Waals surface area contributed by atoms with E-state index in [2.05, 4.69) is 20.3 Å². The Hall–Kier alpha value is -2.99. The fraction of sp³-hybridized carbons (Fsp3) is 0.231. The maximum Gasteiger partial charge on any atom is 0.335 e. The van der Waals surface area contributed by atoms with Gasteiger partial charge in [0.15, 0.2) is 0 Å². The number of carboxylic acids is 1. The number of H-pyrrole nitrogens is 1. The normalized spacial score (nSPS) is 17.0. The molecule has 1 aromatic carbocycles. The molecular weight excluding hydrogens is 274 g/mol. The first-order valence-electron chi connectivity index (χ1n) is 6.29. The Bertz CT molecular complexity index is 803. The fourth-order valence-corrected chi connectivity index (χ4v) is 2.59. The number of carboxylic acid groups (broad SMARTS) is 1. The summed E-state index contributed by atoms with van der Waals surface area (Å²) < 4.78 is 0. The van der Waals surface area contributed by atoms with E-state index in [-0.39, 0.29) is 24.1 Å². The molecule has 8 heteroatoms. The van der Waals surface area contributed by atoms with Gasteiger partial charge in [0.05, 0.1) is 5.56 Å². The number of aromatic amines is 1. The van der Waals surface area contributed by atoms with Crippen molar-refractivity contribution >= 4 is 22.8 Å². The van der Waals surface area contributed by atoms with Gasteiger partial charge >= 0.3 is 5.97 Å². The second kappa shape index (κ2) is 4.84. The van der Waals surface area contributed by atoms with Crippen LogP contribution in [0.4, 0.5) is 0 Å². The smallest absolute Gasteiger partial charge is 0.335 e. The van der Waals surface area contributed by atoms with Gasteiger partial charge in [-0.25, -0.2) is 4.79 Å². The minimum atomic E-state index is -1.02. The maximum absolute atomic E-state index is 12.1. The molecule has 1 unspecified atom stereocenters. The SMILES string of the molecule is [N-]=[N+]=NCC1Cc2c([nH]c3ccc(C(=O)O)cc23)C(=O)N1. The highest BCUT2D eigenvalue weighted by Gasteiger charge is 2.27. The zero-order valence-electron chi connectivity index (χ0n) is 10.8. The average Bonchev–Trinajstić information content (AvgIpc) is 2.83. The number of carbonyl (C=O) groups excluding carboxylic acids is 1. The van der Waals surface area contributed by atoms with Crippen molar-refractivity contribution in [3.05, 3.63) is 45.5 Å². The summed E-state index contributed by atoms with van der Waals surface area (Å²) in [5.41, 5.74) is 10.4. The summed E-state index contributed by atoms with van der Waals surface area (Å²) in [6, 6.07) is 4.40. The van der Waals surface area contributed by atoms with Gasteiger partial charge in [-0.15, -0.1) is 0 Å². The van der Waals surface area contributed by atoms with Crippen LogP contribution >= 0.6 is 0 Å². The van der Waals surface area contributed by atoms with Gasteiger partial charge < -0.3 is 15.4 Å². The molecular formula is C13H11N5O3. The van der Waals surface area contributed by atoms with E-state index in [1.807, 2.05) is 0 Å². The van der Waals surface area contributed by atoms with Crippen molar-refractivity contribution < 1.29 is 14.7 Å². The molecule has 0 aliphatic carbocycles. The van der Waals surface area contributed by atoms with Crippen molar-refractivity contribution in [3.63, 3.8) is 0 Å². The predicted octanol–water partition coefficient (Wildman–Crippen LogP) is 1.83. The van der Waals surface area contributed by atoms with Crippen LogP contribution in [-0.4, -0.2) is 34.6 Å². The van der Waals surface area contributed by atoms with E-state index >= 15 is 0 Å². The van der Waals surface area contributed by atoms with Gasteiger partial charge in [-0.3, -0.25) is 4.79 Å². The van der Waals surface area contributed by atoms with Crippen LogP contribution in [0.25, 0.3) is 21.3 Å². The van der Waals surface area contributed by atoms with Crippen LogP contribution in [0.1, 0.15) is 26.4 Å². The average molecular weight is 285 g/mol. The molecule has 3 N–H and O–H groups in total. The molecule has 106 valence electrons. The van der Waals surface area contributed by atoms with Crippen molar-refractivity contribution in [1.29, 1.82) is 0 Å². The molecule has 1 aliphatic heterocycles. The van der Waals surface area contributed by atoms with Crippen molar-refractivity contribution in [2.24, 2.45) is 5.11 Å². The largest absolute Gasteiger partial charge is 0.478 e. The van der Waals surface area contributed by atoms with Gasteiger partial charge in [-0.1, -0.05) is 5.11 Å². The minimum absolute atomic E-state index is 0.160. The lowest BCUT2D eigenvalue weighted by Crippen LogP contribution is -2.43. The minimum Gasteiger partial charge on any atom is -0.478 e. The Morgan fingerprint density at radius 3 is 3.05 bits per heavy atom. The molecule has 1 atom stereocenters. The van der Waals surface area contributed by atoms with Crippen LogP contribution in [0.3, 0.4) is 0 Å². The number of hydrogen-bond acceptors (Lipinski definition) is 3. The monoisotopic (exact) mass is 285 g/mol. The summed E-state index contributed by atoms with van der Waals surface area (Å²) in [7, 11) is 0. The van der Waals surface area contributed by atoms with E-state index in [1.54, 1.807) is 12.1 Å². The first-order chi connectivity index (χ1) is 10.1. The van der Waals surface area contributed by atoms with E-state index in [0.717, 1.165) is 5.56 Å². The van der Waals surface area contributed by atoms with Gasteiger partial charge in [0.1, 0.15) is 5.69 Å². The molecule has 1 aliphatic rings. The molecule has 8 nitrogen and oxygen atoms in total. The molecule has 1 aromatic heterocycles. The highest BCUT2D eigenvalue weighted by molar-refractivity contribution is 6.04. The molecule has 1 amide bonds. The van der Waals surface area contributed by atoms with E-state index in [0.29, 0.717) is 23.0 Å². The van der Waals surface area contributed by atoms with Crippen LogP contribution in [0, 0.1) is 0 Å². The molecule has 0 spiro atoms. The van der Waals surface area contributed by atoms with E-state index in [4.69, 9.17) is 10.6 Å². The van der Waals surface area contributed by atoms with Crippen molar-refractivity contribution in [1.82, 2.24) is 10.3 Å². The Labute approximate surface area is 118 Å². The molecule has 0 saturated heterocycles. The third-order valence-corrected chi connectivity index (χ3v) is 3.53. The lowest BCUT2D eigenvalue weighted by Gasteiger charge is -2.22. The number of hydrogen-bond donors (Lipinski definition) is 3. The lowest BCUT2D eigenvalue weighted by molar-refractivity contribution is 0.0696. The molecule has 0 fully saturated rings. The number of nitrogens with one attached hydrogen (secondary N) is 2. The molecule has 3 rings (SSSR count). The topological polar surface area (TPSA) is 131 Å². The van der Waals surface area contributed by atoms with Crippen LogP contribution in [0.2, 0.25) is 0 Å². The van der Waals surface area contributed by atoms with E-state index in [9.17, 15) is 9.59 Å². The van der Waals surface area contributed by atoms with E-state index in [1.165, 1.54) is 6.07 Å². The molecule has 2 heterocycles. The molecule has 0 radical (unpaired) electrons. The number of benzene rings is 1. The number of fused-ring (bicyclic) bond motifs is 3. The summed E-state index contributed by atoms with van der Waals surface area (Å²) in [4.78, 5) is 28.8. The number of rotatable bonds is 3. The Kier molecular flexibility index (Phi) is 3.00. The lowest BCUT2D eigenvalue weighted by atomic mass is 9.97. The summed E-state index contributed by atoms with van der Waals surface area (Å²) in [5, 5.41) is 16.0. The van der Waals surface area contributed by atoms with Crippen molar-refractivity contribution in [3.8, 4) is 0 Å². The number of amides is 1. The second-order valence-corrected chi connectivity index (χ2v) is 4.83. The standard InChI is InChI=1S/C13H11N5O3/c14-18-15-5-7-4-9-8-3-6(13(20)21)1-2-10(8)17-11(9)12(19)16-7/h1-3,7,17H,4-5H2,(H,16,19)(H,20,21). The van der Waals surface area contributed by atoms with Crippen molar-refractivity contribution in [2.45, 2.75) is 12.5 Å². The van der Waals surface area contributed by atoms with Gasteiger partial charge in [-0.2, -0.15) is 0 Å². The Morgan fingerprint density at radius 2 is 2.33 bits per heavy atom. The number of nitrogens with zero attached hydrogens (tertiary/aromatic N) is 3. The molecule has 2 aromatic rings. The highest BCUT2D eigenvalue weighted by Crippen LogP contribution is 2.27. The maximum atomic E-state index is 12.1. The number of azide groups is 1. The predicted molar refractivity (Wildman–Crippen MR) is 74.2 cm³/mol. The fourth-order valence-electron chi connectivity index (χ4n) is 2.59. The summed E-state index contributed by atoms with van der Waals surface area (Å²) >= 11 is 0. The number of carbonyl (C=O) groups is 2. The summed E-state index contributed by atoms with van der Waals surface area (Å²) in [6.45, 7) is 0.160. The zero-order valence-corrected chi connectivity index (χ0v) is 10.8. The van der Waals surface area contributed by atoms with Crippen LogP contribution < -0.4 is 5.32 Å². The molecule has 0 saturated carbocycles. The van der Waals surface area contributed by atoms with Crippen molar-refractivity contribution in [2.75, 3.05) is 6.54 Å². The first kappa shape index (κ1) is 13.0. The molecule has 0 bridgehead atoms. The van der Waals surface area contributed by atoms with Gasteiger partial charge in [0.25, 0.3) is 5.91 Å². The molecule has 21 heavy (non-hydrogen) atoms. The van der Waals surface area contributed by atoms with Gasteiger partial charge in [-0.05, 0) is 35.7 Å². The first-order valence-corrected chi connectivity index (χ1v) is 6.29. The third kappa shape index (κ3) is 2.17. The van der Waals surface area contributed by atoms with E-state index < -0.39 is 5.97 Å². The van der Waals surface area contributed by atoms with Gasteiger partial charge in [0.2, 0.25) is 0 Å². The Balaban J connectivity index is 2.09. The zero-order chi connectivity index (χ0) is 15.0.